The monoisotopic (exact) mass is 306 g/mol. The van der Waals surface area contributed by atoms with Gasteiger partial charge in [-0.3, -0.25) is 4.79 Å². The van der Waals surface area contributed by atoms with Crippen LogP contribution in [0.1, 0.15) is 44.2 Å². The highest BCUT2D eigenvalue weighted by Gasteiger charge is 2.16. The second kappa shape index (κ2) is 9.13. The van der Waals surface area contributed by atoms with Gasteiger partial charge >= 0.3 is 0 Å². The van der Waals surface area contributed by atoms with Gasteiger partial charge in [-0.05, 0) is 43.4 Å². The summed E-state index contributed by atoms with van der Waals surface area (Å²) in [4.78, 5) is 11.8. The molecule has 0 fully saturated rings. The Morgan fingerprint density at radius 1 is 1.23 bits per heavy atom. The van der Waals surface area contributed by atoms with E-state index in [1.807, 2.05) is 26.0 Å². The number of allylic oxidation sites excluding steroid dienone is 1. The molecule has 0 bridgehead atoms. The molecular formula is C18H26O4. The second-order valence-electron chi connectivity index (χ2n) is 5.38. The molecule has 0 aliphatic carbocycles. The van der Waals surface area contributed by atoms with E-state index < -0.39 is 0 Å². The van der Waals surface area contributed by atoms with Gasteiger partial charge in [0.2, 0.25) is 0 Å². The van der Waals surface area contributed by atoms with E-state index in [1.165, 1.54) is 0 Å². The Labute approximate surface area is 132 Å². The van der Waals surface area contributed by atoms with E-state index in [1.54, 1.807) is 14.2 Å². The number of ether oxygens (including phenoxy) is 2. The third kappa shape index (κ3) is 4.79. The SMILES string of the molecule is CCCC(=O)CCc1c(C/C(C)=C\O)ccc(OC)c1OC. The number of Topliss-reactive ketones (excluding diaryl/α,β-unsaturated/α-hetero) is 1. The maximum atomic E-state index is 11.8. The van der Waals surface area contributed by atoms with Crippen LogP contribution in [0, 0.1) is 0 Å². The molecule has 0 radical (unpaired) electrons. The standard InChI is InChI=1S/C18H26O4/c1-5-6-15(20)8-9-16-14(11-13(2)12-19)7-10-17(21-3)18(16)22-4/h7,10,12,19H,5-6,8-9,11H2,1-4H3/b13-12-. The molecule has 0 saturated heterocycles. The number of carbonyl (C=O) groups excluding carboxylic acids is 1. The van der Waals surface area contributed by atoms with E-state index in [0.29, 0.717) is 37.2 Å². The zero-order valence-corrected chi connectivity index (χ0v) is 13.9. The summed E-state index contributed by atoms with van der Waals surface area (Å²) in [7, 11) is 3.20. The third-order valence-electron chi connectivity index (χ3n) is 3.62. The highest BCUT2D eigenvalue weighted by molar-refractivity contribution is 5.78. The highest BCUT2D eigenvalue weighted by Crippen LogP contribution is 2.35. The lowest BCUT2D eigenvalue weighted by molar-refractivity contribution is -0.119. The van der Waals surface area contributed by atoms with Crippen LogP contribution >= 0.6 is 0 Å². The van der Waals surface area contributed by atoms with Crippen LogP contribution in [0.4, 0.5) is 0 Å². The number of ketones is 1. The molecular weight excluding hydrogens is 280 g/mol. The zero-order valence-electron chi connectivity index (χ0n) is 13.9. The topological polar surface area (TPSA) is 55.8 Å². The van der Waals surface area contributed by atoms with Crippen molar-refractivity contribution in [2.45, 2.75) is 46.0 Å². The number of aliphatic hydroxyl groups is 1. The van der Waals surface area contributed by atoms with Crippen molar-refractivity contribution in [3.63, 3.8) is 0 Å². The maximum absolute atomic E-state index is 11.8. The van der Waals surface area contributed by atoms with Crippen LogP contribution in [0.5, 0.6) is 11.5 Å². The average Bonchev–Trinajstić information content (AvgIpc) is 2.53. The van der Waals surface area contributed by atoms with Gasteiger partial charge in [0.05, 0.1) is 20.5 Å². The molecule has 0 saturated carbocycles. The normalized spacial score (nSPS) is 11.4. The minimum absolute atomic E-state index is 0.257. The van der Waals surface area contributed by atoms with E-state index in [-0.39, 0.29) is 5.78 Å². The molecule has 1 aromatic rings. The molecule has 0 heterocycles. The van der Waals surface area contributed by atoms with Crippen molar-refractivity contribution in [1.29, 1.82) is 0 Å². The van der Waals surface area contributed by atoms with Gasteiger partial charge < -0.3 is 14.6 Å². The van der Waals surface area contributed by atoms with E-state index in [9.17, 15) is 4.79 Å². The van der Waals surface area contributed by atoms with Crippen molar-refractivity contribution >= 4 is 5.78 Å². The van der Waals surface area contributed by atoms with Crippen molar-refractivity contribution in [2.75, 3.05) is 14.2 Å². The molecule has 1 N–H and O–H groups in total. The quantitative estimate of drug-likeness (QED) is 0.700. The van der Waals surface area contributed by atoms with Crippen LogP contribution in [0.2, 0.25) is 0 Å². The second-order valence-corrected chi connectivity index (χ2v) is 5.38. The molecule has 4 nitrogen and oxygen atoms in total. The molecule has 0 aliphatic heterocycles. The van der Waals surface area contributed by atoms with Gasteiger partial charge in [-0.2, -0.15) is 0 Å². The van der Waals surface area contributed by atoms with Gasteiger partial charge in [-0.25, -0.2) is 0 Å². The van der Waals surface area contributed by atoms with Gasteiger partial charge in [0.15, 0.2) is 11.5 Å². The molecule has 22 heavy (non-hydrogen) atoms. The molecule has 4 heteroatoms. The van der Waals surface area contributed by atoms with Crippen LogP contribution in [0.3, 0.4) is 0 Å². The van der Waals surface area contributed by atoms with Crippen molar-refractivity contribution in [1.82, 2.24) is 0 Å². The Bertz CT molecular complexity index is 532. The van der Waals surface area contributed by atoms with Crippen LogP contribution in [0.15, 0.2) is 24.0 Å². The van der Waals surface area contributed by atoms with Crippen LogP contribution in [-0.2, 0) is 17.6 Å². The number of methoxy groups -OCH3 is 2. The molecule has 122 valence electrons. The lowest BCUT2D eigenvalue weighted by Gasteiger charge is -2.17. The smallest absolute Gasteiger partial charge is 0.164 e. The Morgan fingerprint density at radius 3 is 2.50 bits per heavy atom. The number of rotatable bonds is 9. The van der Waals surface area contributed by atoms with Crippen LogP contribution in [0.25, 0.3) is 0 Å². The summed E-state index contributed by atoms with van der Waals surface area (Å²) in [6, 6.07) is 3.82. The molecule has 0 spiro atoms. The van der Waals surface area contributed by atoms with E-state index in [2.05, 4.69) is 0 Å². The molecule has 1 rings (SSSR count). The Hall–Kier alpha value is -1.97. The summed E-state index contributed by atoms with van der Waals surface area (Å²) in [6.07, 6.45) is 4.32. The molecule has 1 aromatic carbocycles. The fourth-order valence-electron chi connectivity index (χ4n) is 2.49. The third-order valence-corrected chi connectivity index (χ3v) is 3.62. The number of benzene rings is 1. The summed E-state index contributed by atoms with van der Waals surface area (Å²) in [5, 5.41) is 9.13. The fraction of sp³-hybridized carbons (Fsp3) is 0.500. The molecule has 0 unspecified atom stereocenters. The van der Waals surface area contributed by atoms with Crippen LogP contribution in [-0.4, -0.2) is 25.1 Å². The average molecular weight is 306 g/mol. The first-order valence-corrected chi connectivity index (χ1v) is 7.61. The Balaban J connectivity index is 3.13. The minimum Gasteiger partial charge on any atom is -0.516 e. The molecule has 0 amide bonds. The number of aliphatic hydroxyl groups excluding tert-OH is 1. The van der Waals surface area contributed by atoms with Crippen molar-refractivity contribution in [3.8, 4) is 11.5 Å². The largest absolute Gasteiger partial charge is 0.516 e. The first-order chi connectivity index (χ1) is 10.6. The molecule has 0 aromatic heterocycles. The summed E-state index contributed by atoms with van der Waals surface area (Å²) in [5.41, 5.74) is 2.88. The van der Waals surface area contributed by atoms with Crippen molar-refractivity contribution in [3.05, 3.63) is 35.1 Å². The van der Waals surface area contributed by atoms with Crippen molar-refractivity contribution < 1.29 is 19.4 Å². The van der Waals surface area contributed by atoms with E-state index in [0.717, 1.165) is 29.4 Å². The minimum atomic E-state index is 0.257. The lowest BCUT2D eigenvalue weighted by atomic mass is 9.95. The lowest BCUT2D eigenvalue weighted by Crippen LogP contribution is -2.05. The summed E-state index contributed by atoms with van der Waals surface area (Å²) in [6.45, 7) is 3.87. The molecule has 0 aliphatic rings. The number of hydrogen-bond donors (Lipinski definition) is 1. The van der Waals surface area contributed by atoms with Gasteiger partial charge in [0.1, 0.15) is 5.78 Å². The number of carbonyl (C=O) groups is 1. The van der Waals surface area contributed by atoms with Gasteiger partial charge in [0, 0.05) is 18.4 Å². The van der Waals surface area contributed by atoms with Crippen molar-refractivity contribution in [2.24, 2.45) is 0 Å². The highest BCUT2D eigenvalue weighted by atomic mass is 16.5. The molecule has 0 atom stereocenters. The Morgan fingerprint density at radius 2 is 1.95 bits per heavy atom. The first-order valence-electron chi connectivity index (χ1n) is 7.61. The zero-order chi connectivity index (χ0) is 16.5. The Kier molecular flexibility index (Phi) is 7.50. The van der Waals surface area contributed by atoms with Gasteiger partial charge in [0.25, 0.3) is 0 Å². The summed E-state index contributed by atoms with van der Waals surface area (Å²) in [5.74, 6) is 1.60. The predicted molar refractivity (Wildman–Crippen MR) is 87.9 cm³/mol. The van der Waals surface area contributed by atoms with E-state index in [4.69, 9.17) is 14.6 Å². The van der Waals surface area contributed by atoms with Crippen LogP contribution < -0.4 is 9.47 Å². The predicted octanol–water partition coefficient (Wildman–Crippen LogP) is 4.01. The number of hydrogen-bond acceptors (Lipinski definition) is 4. The van der Waals surface area contributed by atoms with E-state index >= 15 is 0 Å². The summed E-state index contributed by atoms with van der Waals surface area (Å²) < 4.78 is 10.8. The van der Waals surface area contributed by atoms with Gasteiger partial charge in [-0.1, -0.05) is 13.0 Å². The van der Waals surface area contributed by atoms with Gasteiger partial charge in [-0.15, -0.1) is 0 Å². The summed E-state index contributed by atoms with van der Waals surface area (Å²) >= 11 is 0. The first kappa shape index (κ1) is 18.1. The fourth-order valence-corrected chi connectivity index (χ4v) is 2.49. The maximum Gasteiger partial charge on any atom is 0.164 e.